The molecule has 0 unspecified atom stereocenters. The number of sulfone groups is 1. The summed E-state index contributed by atoms with van der Waals surface area (Å²) in [6, 6.07) is 20.5. The van der Waals surface area contributed by atoms with Crippen LogP contribution >= 0.6 is 0 Å². The van der Waals surface area contributed by atoms with Crippen molar-refractivity contribution in [1.82, 2.24) is 9.97 Å². The summed E-state index contributed by atoms with van der Waals surface area (Å²) < 4.78 is 31.9. The maximum Gasteiger partial charge on any atom is 0.229 e. The number of aromatic nitrogens is 2. The van der Waals surface area contributed by atoms with Crippen molar-refractivity contribution >= 4 is 55.5 Å². The number of methoxy groups -OCH3 is 1. The van der Waals surface area contributed by atoms with E-state index < -0.39 is 15.1 Å². The Kier molecular flexibility index (Phi) is 9.53. The number of nitrogens with zero attached hydrogens (tertiary/aromatic N) is 3. The number of rotatable bonds is 12. The van der Waals surface area contributed by atoms with E-state index in [1.165, 1.54) is 0 Å². The van der Waals surface area contributed by atoms with Crippen LogP contribution in [0.15, 0.2) is 71.6 Å². The summed E-state index contributed by atoms with van der Waals surface area (Å²) in [5.41, 5.74) is 8.23. The minimum Gasteiger partial charge on any atom is -0.494 e. The smallest absolute Gasteiger partial charge is 0.229 e. The number of hydrogen-bond acceptors (Lipinski definition) is 9. The van der Waals surface area contributed by atoms with Crippen LogP contribution in [0.1, 0.15) is 46.0 Å². The molecule has 1 saturated heterocycles. The van der Waals surface area contributed by atoms with Crippen LogP contribution in [-0.2, 0) is 14.6 Å². The van der Waals surface area contributed by atoms with Crippen molar-refractivity contribution in [3.63, 3.8) is 0 Å². The van der Waals surface area contributed by atoms with E-state index in [2.05, 4.69) is 21.6 Å². The van der Waals surface area contributed by atoms with Crippen LogP contribution < -0.4 is 26.0 Å². The average Bonchev–Trinajstić information content (AvgIpc) is 3.01. The van der Waals surface area contributed by atoms with Gasteiger partial charge < -0.3 is 26.0 Å². The minimum absolute atomic E-state index is 0.221. The normalized spacial score (nSPS) is 14.1. The fraction of sp³-hybridized carbons (Fsp3) is 0.364. The Morgan fingerprint density at radius 1 is 1.00 bits per heavy atom. The van der Waals surface area contributed by atoms with Crippen LogP contribution in [0.4, 0.5) is 28.8 Å². The van der Waals surface area contributed by atoms with Gasteiger partial charge in [-0.2, -0.15) is 4.98 Å². The monoisotopic (exact) mass is 616 g/mol. The number of benzene rings is 3. The molecule has 3 aromatic carbocycles. The fourth-order valence-corrected chi connectivity index (χ4v) is 6.77. The molecule has 1 amide bonds. The number of primary amides is 1. The molecule has 0 saturated carbocycles. The van der Waals surface area contributed by atoms with Crippen LogP contribution in [-0.4, -0.2) is 49.7 Å². The molecule has 0 atom stereocenters. The van der Waals surface area contributed by atoms with Crippen molar-refractivity contribution in [1.29, 1.82) is 0 Å². The Hall–Kier alpha value is -4.38. The molecule has 4 aromatic rings. The van der Waals surface area contributed by atoms with Gasteiger partial charge >= 0.3 is 0 Å². The number of anilines is 5. The lowest BCUT2D eigenvalue weighted by molar-refractivity contribution is -0.118. The number of ether oxygens (including phenoxy) is 1. The van der Waals surface area contributed by atoms with Gasteiger partial charge in [0.05, 0.1) is 34.1 Å². The first kappa shape index (κ1) is 31.1. The molecule has 2 heterocycles. The fourth-order valence-electron chi connectivity index (χ4n) is 5.57. The molecule has 0 aliphatic carbocycles. The summed E-state index contributed by atoms with van der Waals surface area (Å²) in [5, 5.41) is 6.78. The molecular weight excluding hydrogens is 576 g/mol. The maximum atomic E-state index is 13.1. The van der Waals surface area contributed by atoms with E-state index in [4.69, 9.17) is 20.4 Å². The molecule has 5 rings (SSSR count). The van der Waals surface area contributed by atoms with Crippen molar-refractivity contribution in [3.05, 3.63) is 66.7 Å². The highest BCUT2D eigenvalue weighted by Gasteiger charge is 2.24. The van der Waals surface area contributed by atoms with Crippen molar-refractivity contribution in [2.45, 2.75) is 56.1 Å². The van der Waals surface area contributed by atoms with Crippen molar-refractivity contribution in [2.75, 3.05) is 35.7 Å². The third-order valence-electron chi connectivity index (χ3n) is 8.12. The average molecular weight is 617 g/mol. The predicted molar refractivity (Wildman–Crippen MR) is 176 cm³/mol. The molecule has 232 valence electrons. The Morgan fingerprint density at radius 2 is 1.73 bits per heavy atom. The number of fused-ring (bicyclic) bond motifs is 1. The van der Waals surface area contributed by atoms with Gasteiger partial charge in [-0.1, -0.05) is 24.3 Å². The van der Waals surface area contributed by atoms with E-state index >= 15 is 0 Å². The molecule has 1 fully saturated rings. The van der Waals surface area contributed by atoms with Crippen LogP contribution in [0, 0.1) is 5.92 Å². The van der Waals surface area contributed by atoms with Gasteiger partial charge in [-0.25, -0.2) is 13.4 Å². The number of nitrogens with two attached hydrogens (primary N) is 1. The van der Waals surface area contributed by atoms with Gasteiger partial charge in [0.1, 0.15) is 11.6 Å². The minimum atomic E-state index is -3.53. The lowest BCUT2D eigenvalue weighted by Gasteiger charge is -2.34. The van der Waals surface area contributed by atoms with E-state index in [-0.39, 0.29) is 10.8 Å². The topological polar surface area (TPSA) is 140 Å². The maximum absolute atomic E-state index is 13.1. The quantitative estimate of drug-likeness (QED) is 0.170. The van der Waals surface area contributed by atoms with E-state index in [9.17, 15) is 13.2 Å². The van der Waals surface area contributed by atoms with Gasteiger partial charge in [-0.15, -0.1) is 0 Å². The zero-order valence-corrected chi connectivity index (χ0v) is 26.2. The SMILES string of the molecule is COc1cc(N2CCC(CCCC(N)=O)CC2)ccc1Nc1nc(Nc2ccccc2S(=O)(=O)C(C)C)c2ccccc2n1. The molecule has 10 nitrogen and oxygen atoms in total. The molecule has 0 radical (unpaired) electrons. The first-order valence-corrected chi connectivity index (χ1v) is 16.6. The summed E-state index contributed by atoms with van der Waals surface area (Å²) in [4.78, 5) is 23.1. The number of para-hydroxylation sites is 2. The first-order chi connectivity index (χ1) is 21.2. The molecule has 1 aliphatic rings. The van der Waals surface area contributed by atoms with Gasteiger partial charge in [-0.05, 0) is 81.8 Å². The third-order valence-corrected chi connectivity index (χ3v) is 10.3. The molecular formula is C33H40N6O4S. The zero-order chi connectivity index (χ0) is 31.3. The lowest BCUT2D eigenvalue weighted by Crippen LogP contribution is -2.33. The van der Waals surface area contributed by atoms with Gasteiger partial charge in [0.25, 0.3) is 0 Å². The second-order valence-corrected chi connectivity index (χ2v) is 13.9. The van der Waals surface area contributed by atoms with Crippen LogP contribution in [0.3, 0.4) is 0 Å². The summed E-state index contributed by atoms with van der Waals surface area (Å²) in [5.74, 6) is 1.87. The molecule has 11 heteroatoms. The molecule has 0 spiro atoms. The first-order valence-electron chi connectivity index (χ1n) is 15.0. The number of carbonyl (C=O) groups is 1. The van der Waals surface area contributed by atoms with Crippen LogP contribution in [0.2, 0.25) is 0 Å². The number of amides is 1. The number of hydrogen-bond donors (Lipinski definition) is 3. The highest BCUT2D eigenvalue weighted by atomic mass is 32.2. The summed E-state index contributed by atoms with van der Waals surface area (Å²) in [6.07, 6.45) is 4.49. The van der Waals surface area contributed by atoms with E-state index in [0.717, 1.165) is 49.8 Å². The Morgan fingerprint density at radius 3 is 2.45 bits per heavy atom. The van der Waals surface area contributed by atoms with Gasteiger partial charge in [0, 0.05) is 36.7 Å². The van der Waals surface area contributed by atoms with Gasteiger partial charge in [0.15, 0.2) is 9.84 Å². The van der Waals surface area contributed by atoms with Crippen molar-refractivity contribution in [3.8, 4) is 5.75 Å². The molecule has 1 aromatic heterocycles. The molecule has 4 N–H and O–H groups in total. The highest BCUT2D eigenvalue weighted by molar-refractivity contribution is 7.92. The Balaban J connectivity index is 1.37. The van der Waals surface area contributed by atoms with E-state index in [0.29, 0.717) is 46.7 Å². The highest BCUT2D eigenvalue weighted by Crippen LogP contribution is 2.35. The Bertz CT molecular complexity index is 1740. The standard InChI is InChI=1S/C33H40N6O4S/c1-22(2)44(41,42)30-13-7-6-12-28(30)35-32-25-10-4-5-11-26(25)36-33(38-32)37-27-16-15-24(21-29(27)43-3)39-19-17-23(18-20-39)9-8-14-31(34)40/h4-7,10-13,15-16,21-23H,8-9,14,17-20H2,1-3H3,(H2,34,40)(H2,35,36,37,38). The van der Waals surface area contributed by atoms with Crippen molar-refractivity contribution < 1.29 is 17.9 Å². The largest absolute Gasteiger partial charge is 0.494 e. The second-order valence-electron chi connectivity index (χ2n) is 11.4. The van der Waals surface area contributed by atoms with E-state index in [1.54, 1.807) is 45.2 Å². The summed E-state index contributed by atoms with van der Waals surface area (Å²) in [7, 11) is -1.90. The van der Waals surface area contributed by atoms with E-state index in [1.807, 2.05) is 36.4 Å². The Labute approximate surface area is 259 Å². The molecule has 0 bridgehead atoms. The van der Waals surface area contributed by atoms with Gasteiger partial charge in [-0.3, -0.25) is 4.79 Å². The summed E-state index contributed by atoms with van der Waals surface area (Å²) in [6.45, 7) is 5.22. The number of carbonyl (C=O) groups excluding carboxylic acids is 1. The van der Waals surface area contributed by atoms with Gasteiger partial charge in [0.2, 0.25) is 11.9 Å². The number of piperidine rings is 1. The van der Waals surface area contributed by atoms with Crippen LogP contribution in [0.5, 0.6) is 5.75 Å². The lowest BCUT2D eigenvalue weighted by atomic mass is 9.91. The third kappa shape index (κ3) is 7.05. The van der Waals surface area contributed by atoms with Crippen molar-refractivity contribution in [2.24, 2.45) is 11.7 Å². The van der Waals surface area contributed by atoms with Crippen LogP contribution in [0.25, 0.3) is 10.9 Å². The number of nitrogens with one attached hydrogen (secondary N) is 2. The molecule has 44 heavy (non-hydrogen) atoms. The zero-order valence-electron chi connectivity index (χ0n) is 25.4. The predicted octanol–water partition coefficient (Wildman–Crippen LogP) is 6.18. The summed E-state index contributed by atoms with van der Waals surface area (Å²) >= 11 is 0. The second kappa shape index (κ2) is 13.5. The molecule has 1 aliphatic heterocycles.